The van der Waals surface area contributed by atoms with E-state index in [2.05, 4.69) is 53.3 Å². The van der Waals surface area contributed by atoms with Gasteiger partial charge in [-0.05, 0) is 46.5 Å². The van der Waals surface area contributed by atoms with Crippen molar-refractivity contribution in [3.63, 3.8) is 0 Å². The summed E-state index contributed by atoms with van der Waals surface area (Å²) in [6.07, 6.45) is 3.61. The fraction of sp³-hybridized carbons (Fsp3) is 0.412. The molecule has 1 aromatic carbocycles. The Balaban J connectivity index is 1.68. The Morgan fingerprint density at radius 1 is 1.00 bits per heavy atom. The molecule has 0 spiro atoms. The van der Waals surface area contributed by atoms with Crippen molar-refractivity contribution in [1.29, 1.82) is 0 Å². The fourth-order valence-corrected chi connectivity index (χ4v) is 2.66. The molecule has 0 aliphatic rings. The number of benzene rings is 1. The molecular formula is C17H23NOS. The number of thiophene rings is 1. The van der Waals surface area contributed by atoms with E-state index >= 15 is 0 Å². The smallest absolute Gasteiger partial charge is 0.119 e. The Hall–Kier alpha value is -1.32. The Morgan fingerprint density at radius 3 is 2.50 bits per heavy atom. The molecule has 0 saturated carbocycles. The molecule has 0 aliphatic heterocycles. The number of nitrogens with one attached hydrogen (secondary N) is 1. The molecule has 108 valence electrons. The van der Waals surface area contributed by atoms with Crippen LogP contribution in [0.15, 0.2) is 41.1 Å². The van der Waals surface area contributed by atoms with Gasteiger partial charge < -0.3 is 10.1 Å². The lowest BCUT2D eigenvalue weighted by molar-refractivity contribution is 0.306. The fourth-order valence-electron chi connectivity index (χ4n) is 1.99. The second kappa shape index (κ2) is 8.77. The zero-order chi connectivity index (χ0) is 14.0. The van der Waals surface area contributed by atoms with Gasteiger partial charge in [0.1, 0.15) is 5.75 Å². The van der Waals surface area contributed by atoms with Crippen molar-refractivity contribution in [2.45, 2.75) is 39.3 Å². The zero-order valence-electron chi connectivity index (χ0n) is 12.1. The molecule has 0 aliphatic carbocycles. The van der Waals surface area contributed by atoms with Gasteiger partial charge in [0.25, 0.3) is 0 Å². The van der Waals surface area contributed by atoms with E-state index in [1.807, 2.05) is 0 Å². The van der Waals surface area contributed by atoms with E-state index in [4.69, 9.17) is 4.74 Å². The van der Waals surface area contributed by atoms with Crippen LogP contribution < -0.4 is 10.1 Å². The van der Waals surface area contributed by atoms with Gasteiger partial charge >= 0.3 is 0 Å². The van der Waals surface area contributed by atoms with Crippen molar-refractivity contribution in [3.05, 3.63) is 52.2 Å². The van der Waals surface area contributed by atoms with Crippen LogP contribution in [0.25, 0.3) is 0 Å². The highest BCUT2D eigenvalue weighted by atomic mass is 32.1. The lowest BCUT2D eigenvalue weighted by Crippen LogP contribution is -2.11. The van der Waals surface area contributed by atoms with Crippen molar-refractivity contribution in [2.24, 2.45) is 0 Å². The van der Waals surface area contributed by atoms with Crippen molar-refractivity contribution >= 4 is 11.3 Å². The first-order valence-electron chi connectivity index (χ1n) is 7.32. The number of rotatable bonds is 9. The van der Waals surface area contributed by atoms with Crippen LogP contribution in [0, 0.1) is 0 Å². The largest absolute Gasteiger partial charge is 0.494 e. The molecule has 0 atom stereocenters. The summed E-state index contributed by atoms with van der Waals surface area (Å²) in [6, 6.07) is 10.6. The van der Waals surface area contributed by atoms with Crippen LogP contribution in [0.1, 0.15) is 37.3 Å². The first kappa shape index (κ1) is 15.1. The number of ether oxygens (including phenoxy) is 1. The summed E-state index contributed by atoms with van der Waals surface area (Å²) in [4.78, 5) is 0. The molecule has 0 saturated heterocycles. The van der Waals surface area contributed by atoms with Crippen LogP contribution in [0.5, 0.6) is 5.75 Å². The van der Waals surface area contributed by atoms with Gasteiger partial charge in [-0.3, -0.25) is 0 Å². The first-order valence-corrected chi connectivity index (χ1v) is 8.26. The molecule has 3 heteroatoms. The summed E-state index contributed by atoms with van der Waals surface area (Å²) in [5.74, 6) is 0.975. The molecule has 0 fully saturated rings. The SMILES string of the molecule is CCCCCOc1ccc(CNCc2ccsc2)cc1. The summed E-state index contributed by atoms with van der Waals surface area (Å²) in [7, 11) is 0. The predicted molar refractivity (Wildman–Crippen MR) is 86.3 cm³/mol. The topological polar surface area (TPSA) is 21.3 Å². The molecule has 0 unspecified atom stereocenters. The van der Waals surface area contributed by atoms with Gasteiger partial charge in [-0.15, -0.1) is 0 Å². The molecule has 1 N–H and O–H groups in total. The van der Waals surface area contributed by atoms with Gasteiger partial charge in [0.15, 0.2) is 0 Å². The highest BCUT2D eigenvalue weighted by Gasteiger charge is 1.97. The molecule has 0 radical (unpaired) electrons. The van der Waals surface area contributed by atoms with Crippen molar-refractivity contribution in [1.82, 2.24) is 5.32 Å². The van der Waals surface area contributed by atoms with Crippen LogP contribution in [-0.2, 0) is 13.1 Å². The summed E-state index contributed by atoms with van der Waals surface area (Å²) in [6.45, 7) is 4.85. The Labute approximate surface area is 125 Å². The normalized spacial score (nSPS) is 10.7. The average molecular weight is 289 g/mol. The molecule has 2 aromatic rings. The predicted octanol–water partition coefficient (Wildman–Crippen LogP) is 4.61. The van der Waals surface area contributed by atoms with Gasteiger partial charge in [0.2, 0.25) is 0 Å². The third-order valence-electron chi connectivity index (χ3n) is 3.18. The monoisotopic (exact) mass is 289 g/mol. The van der Waals surface area contributed by atoms with Crippen LogP contribution in [-0.4, -0.2) is 6.61 Å². The van der Waals surface area contributed by atoms with Gasteiger partial charge in [-0.1, -0.05) is 31.9 Å². The lowest BCUT2D eigenvalue weighted by Gasteiger charge is -2.07. The van der Waals surface area contributed by atoms with Crippen molar-refractivity contribution in [3.8, 4) is 5.75 Å². The van der Waals surface area contributed by atoms with Gasteiger partial charge in [-0.25, -0.2) is 0 Å². The molecule has 1 aromatic heterocycles. The van der Waals surface area contributed by atoms with Crippen molar-refractivity contribution < 1.29 is 4.74 Å². The highest BCUT2D eigenvalue weighted by Crippen LogP contribution is 2.13. The molecular weight excluding hydrogens is 266 g/mol. The first-order chi connectivity index (χ1) is 9.88. The van der Waals surface area contributed by atoms with Crippen LogP contribution in [0.3, 0.4) is 0 Å². The van der Waals surface area contributed by atoms with E-state index in [-0.39, 0.29) is 0 Å². The van der Waals surface area contributed by atoms with E-state index in [9.17, 15) is 0 Å². The zero-order valence-corrected chi connectivity index (χ0v) is 12.9. The van der Waals surface area contributed by atoms with Crippen molar-refractivity contribution in [2.75, 3.05) is 6.61 Å². The lowest BCUT2D eigenvalue weighted by atomic mass is 10.2. The van der Waals surface area contributed by atoms with Crippen LogP contribution >= 0.6 is 11.3 Å². The van der Waals surface area contributed by atoms with Gasteiger partial charge in [-0.2, -0.15) is 11.3 Å². The average Bonchev–Trinajstić information content (AvgIpc) is 2.98. The molecule has 2 rings (SSSR count). The van der Waals surface area contributed by atoms with E-state index in [1.165, 1.54) is 24.0 Å². The quantitative estimate of drug-likeness (QED) is 0.681. The minimum absolute atomic E-state index is 0.823. The third-order valence-corrected chi connectivity index (χ3v) is 3.91. The number of hydrogen-bond donors (Lipinski definition) is 1. The van der Waals surface area contributed by atoms with E-state index < -0.39 is 0 Å². The molecule has 0 amide bonds. The van der Waals surface area contributed by atoms with Gasteiger partial charge in [0.05, 0.1) is 6.61 Å². The highest BCUT2D eigenvalue weighted by molar-refractivity contribution is 7.07. The third kappa shape index (κ3) is 5.35. The summed E-state index contributed by atoms with van der Waals surface area (Å²) in [5.41, 5.74) is 2.65. The Morgan fingerprint density at radius 2 is 1.80 bits per heavy atom. The van der Waals surface area contributed by atoms with Crippen LogP contribution in [0.2, 0.25) is 0 Å². The molecule has 2 nitrogen and oxygen atoms in total. The molecule has 1 heterocycles. The summed E-state index contributed by atoms with van der Waals surface area (Å²) in [5, 5.41) is 7.74. The number of hydrogen-bond acceptors (Lipinski definition) is 3. The maximum Gasteiger partial charge on any atom is 0.119 e. The second-order valence-electron chi connectivity index (χ2n) is 4.93. The molecule has 20 heavy (non-hydrogen) atoms. The Kier molecular flexibility index (Phi) is 6.61. The maximum absolute atomic E-state index is 5.71. The summed E-state index contributed by atoms with van der Waals surface area (Å²) < 4.78 is 5.71. The number of unbranched alkanes of at least 4 members (excludes halogenated alkanes) is 2. The summed E-state index contributed by atoms with van der Waals surface area (Å²) >= 11 is 1.74. The van der Waals surface area contributed by atoms with E-state index in [1.54, 1.807) is 11.3 Å². The second-order valence-corrected chi connectivity index (χ2v) is 5.71. The van der Waals surface area contributed by atoms with E-state index in [0.29, 0.717) is 0 Å². The minimum atomic E-state index is 0.823. The minimum Gasteiger partial charge on any atom is -0.494 e. The van der Waals surface area contributed by atoms with E-state index in [0.717, 1.165) is 31.9 Å². The maximum atomic E-state index is 5.71. The molecule has 0 bridgehead atoms. The van der Waals surface area contributed by atoms with Gasteiger partial charge in [0, 0.05) is 13.1 Å². The Bertz CT molecular complexity index is 464. The van der Waals surface area contributed by atoms with Crippen LogP contribution in [0.4, 0.5) is 0 Å². The standard InChI is InChI=1S/C17H23NOS/c1-2-3-4-10-19-17-7-5-15(6-8-17)12-18-13-16-9-11-20-14-16/h5-9,11,14,18H,2-4,10,12-13H2,1H3.